The first kappa shape index (κ1) is 61.1. The maximum absolute atomic E-state index is 13.1. The van der Waals surface area contributed by atoms with E-state index in [-0.39, 0.29) is 64.5 Å². The molecule has 0 aromatic heterocycles. The molecule has 15 atom stereocenters. The molecule has 8 bridgehead atoms. The van der Waals surface area contributed by atoms with Gasteiger partial charge in [0.25, 0.3) is 0 Å². The van der Waals surface area contributed by atoms with Gasteiger partial charge in [-0.1, -0.05) is 84.4 Å². The largest absolute Gasteiger partial charge is 0.508 e. The average molecular weight is 1160 g/mol. The molecule has 0 amide bonds. The molecule has 3 aromatic rings. The molecule has 13 nitrogen and oxygen atoms in total. The second kappa shape index (κ2) is 26.0. The predicted octanol–water partition coefficient (Wildman–Crippen LogP) is 12.4. The highest BCUT2D eigenvalue weighted by molar-refractivity contribution is 5.84. The summed E-state index contributed by atoms with van der Waals surface area (Å²) in [6.07, 6.45) is 24.1. The molecule has 84 heavy (non-hydrogen) atoms. The molecule has 13 heteroatoms. The maximum Gasteiger partial charge on any atom is 0.188 e. The molecule has 0 radical (unpaired) electrons. The number of unbranched alkanes of at least 4 members (excludes halogenated alkanes) is 2. The molecule has 6 aliphatic heterocycles. The number of hydrogen-bond donors (Lipinski definition) is 8. The third kappa shape index (κ3) is 12.4. The number of phenolic OH excluding ortho intramolecular Hbond substituents is 2. The van der Waals surface area contributed by atoms with Crippen LogP contribution in [0.4, 0.5) is 0 Å². The number of allylic oxidation sites excluding steroid dienone is 2. The van der Waals surface area contributed by atoms with Gasteiger partial charge in [0.05, 0.1) is 24.9 Å². The van der Waals surface area contributed by atoms with Crippen molar-refractivity contribution in [2.24, 2.45) is 68.9 Å². The number of hydrogen-bond acceptors (Lipinski definition) is 13. The number of phenols is 2. The van der Waals surface area contributed by atoms with E-state index in [1.807, 2.05) is 24.3 Å². The maximum atomic E-state index is 13.1. The Bertz CT molecular complexity index is 2810. The summed E-state index contributed by atoms with van der Waals surface area (Å²) < 4.78 is 27.4. The normalized spacial score (nSPS) is 34.6. The number of benzene rings is 3. The van der Waals surface area contributed by atoms with Gasteiger partial charge in [-0.25, -0.2) is 0 Å². The fraction of sp³-hybridized carbons (Fsp3) is 0.704. The third-order valence-electron chi connectivity index (χ3n) is 22.8. The summed E-state index contributed by atoms with van der Waals surface area (Å²) in [5.41, 5.74) is 13.4. The van der Waals surface area contributed by atoms with Crippen LogP contribution in [0.15, 0.2) is 53.5 Å². The van der Waals surface area contributed by atoms with Crippen LogP contribution in [0.5, 0.6) is 28.7 Å². The third-order valence-corrected chi connectivity index (χ3v) is 22.8. The number of ether oxygens (including phenoxy) is 4. The van der Waals surface area contributed by atoms with Gasteiger partial charge in [-0.3, -0.25) is 4.99 Å². The Morgan fingerprint density at radius 3 is 2.50 bits per heavy atom. The topological polar surface area (TPSA) is 201 Å². The Morgan fingerprint density at radius 2 is 1.70 bits per heavy atom. The number of nitrogens with zero attached hydrogens (tertiary/aromatic N) is 1. The van der Waals surface area contributed by atoms with Gasteiger partial charge in [-0.05, 0) is 227 Å². The molecule has 6 heterocycles. The van der Waals surface area contributed by atoms with Crippen LogP contribution in [-0.2, 0) is 24.0 Å². The lowest BCUT2D eigenvalue weighted by atomic mass is 9.54. The molecule has 4 fully saturated rings. The van der Waals surface area contributed by atoms with Crippen LogP contribution in [0.3, 0.4) is 0 Å². The van der Waals surface area contributed by atoms with Crippen molar-refractivity contribution in [3.63, 3.8) is 0 Å². The zero-order valence-corrected chi connectivity index (χ0v) is 51.8. The van der Waals surface area contributed by atoms with Crippen LogP contribution in [0.2, 0.25) is 0 Å². The van der Waals surface area contributed by atoms with Crippen LogP contribution in [0.1, 0.15) is 196 Å². The minimum absolute atomic E-state index is 0.00513. The van der Waals surface area contributed by atoms with Gasteiger partial charge in [0.2, 0.25) is 0 Å². The Labute approximate surface area is 502 Å². The fourth-order valence-corrected chi connectivity index (χ4v) is 18.8. The standard InChI is InChI=1S/C71H104N4O9/c1-7-8-9-13-44(4)54-30-47-18-17-46(54)29-52(77)38-70(23-12-22-69(70)25-27-82-71(41-69)24-11-14-45(37-71)39-73-5)42-75-68(72)74-26-21-53-49(40-76)15-10-16-61(53)83-63-34-48(19-20-58(63)78)67-60(80)35-57-62(84-67)36-64(81-6)66-56-32-51(28-43(2)3)59(79)33-50(56)31-55(47)65(57)66/h17-20,32-34,36,43-47,49,52-55,60-61,67,73,76-80H,7-16,21-31,35,37-42H2,1-6H3,(H3,72,74,75). The first-order chi connectivity index (χ1) is 40.6. The highest BCUT2D eigenvalue weighted by Gasteiger charge is 2.60. The van der Waals surface area contributed by atoms with E-state index in [1.165, 1.54) is 25.7 Å². The number of guanidine groups is 1. The summed E-state index contributed by atoms with van der Waals surface area (Å²) in [7, 11) is 3.80. The minimum atomic E-state index is -0.922. The van der Waals surface area contributed by atoms with Crippen LogP contribution in [0, 0.1) is 58.2 Å². The Balaban J connectivity index is 1.02. The Morgan fingerprint density at radius 1 is 0.869 bits per heavy atom. The quantitative estimate of drug-likeness (QED) is 0.0668. The fourth-order valence-electron chi connectivity index (χ4n) is 18.8. The molecule has 462 valence electrons. The van der Waals surface area contributed by atoms with Crippen molar-refractivity contribution in [1.82, 2.24) is 10.6 Å². The molecule has 3 saturated carbocycles. The van der Waals surface area contributed by atoms with Crippen molar-refractivity contribution in [1.29, 1.82) is 0 Å². The predicted molar refractivity (Wildman–Crippen MR) is 333 cm³/mol. The SMILES string of the molecule is CCCCCC(C)C1CC2C=CC1CC(O)CC1(CCCC13CCOC1(CCCC(CNC)C1)C3)CN=C(N)NCCC1C(CO)CCCC1Oc1cc(ccc1O)C1Oc3cc(OC)c4c(c3CC1O)C2Cc1cc(O)c(CC(C)C)cc1-4. The van der Waals surface area contributed by atoms with Gasteiger partial charge in [-0.15, -0.1) is 0 Å². The lowest BCUT2D eigenvalue weighted by Crippen LogP contribution is -2.55. The van der Waals surface area contributed by atoms with Crippen LogP contribution < -0.4 is 30.6 Å². The zero-order valence-electron chi connectivity index (χ0n) is 51.8. The number of aliphatic hydroxyl groups is 3. The number of fused-ring (bicyclic) bond motifs is 2. The second-order valence-electron chi connectivity index (χ2n) is 28.6. The van der Waals surface area contributed by atoms with E-state index in [2.05, 4.69) is 63.6 Å². The number of aromatic hydroxyl groups is 2. The molecular formula is C71H104N4O9. The highest BCUT2D eigenvalue weighted by atomic mass is 16.5. The summed E-state index contributed by atoms with van der Waals surface area (Å²) in [5.74, 6) is 4.38. The van der Waals surface area contributed by atoms with E-state index >= 15 is 0 Å². The smallest absolute Gasteiger partial charge is 0.188 e. The van der Waals surface area contributed by atoms with Crippen LogP contribution in [-0.4, -0.2) is 102 Å². The number of rotatable bonds is 11. The molecule has 14 rings (SSSR count). The Hall–Kier alpha value is -4.53. The summed E-state index contributed by atoms with van der Waals surface area (Å²) in [6, 6.07) is 11.5. The number of nitrogens with two attached hydrogens (primary N) is 1. The lowest BCUT2D eigenvalue weighted by Gasteiger charge is -2.56. The number of methoxy groups -OCH3 is 1. The van der Waals surface area contributed by atoms with Crippen molar-refractivity contribution in [3.05, 3.63) is 76.4 Å². The number of nitrogens with one attached hydrogen (secondary N) is 2. The van der Waals surface area contributed by atoms with Crippen LogP contribution >= 0.6 is 0 Å². The van der Waals surface area contributed by atoms with E-state index < -0.39 is 18.3 Å². The van der Waals surface area contributed by atoms with Crippen molar-refractivity contribution in [2.75, 3.05) is 47.0 Å². The van der Waals surface area contributed by atoms with Gasteiger partial charge >= 0.3 is 0 Å². The lowest BCUT2D eigenvalue weighted by molar-refractivity contribution is -0.179. The summed E-state index contributed by atoms with van der Waals surface area (Å²) in [6.45, 7) is 12.0. The molecule has 1 saturated heterocycles. The van der Waals surface area contributed by atoms with Gasteiger partial charge in [0.1, 0.15) is 29.5 Å². The van der Waals surface area contributed by atoms with Crippen molar-refractivity contribution < 1.29 is 44.5 Å². The van der Waals surface area contributed by atoms with E-state index in [1.54, 1.807) is 13.2 Å². The monoisotopic (exact) mass is 1160 g/mol. The molecule has 15 unspecified atom stereocenters. The summed E-state index contributed by atoms with van der Waals surface area (Å²) in [5, 5.41) is 66.7. The van der Waals surface area contributed by atoms with E-state index in [0.29, 0.717) is 103 Å². The zero-order chi connectivity index (χ0) is 58.9. The average Bonchev–Trinajstić information content (AvgIpc) is 1.40. The molecular weight excluding hydrogens is 1050 g/mol. The highest BCUT2D eigenvalue weighted by Crippen LogP contribution is 2.65. The number of aliphatic imine (C=N–C) groups is 1. The van der Waals surface area contributed by atoms with Crippen molar-refractivity contribution in [3.8, 4) is 39.9 Å². The van der Waals surface area contributed by atoms with Gasteiger partial charge in [0.15, 0.2) is 17.5 Å². The molecule has 3 spiro atoms. The summed E-state index contributed by atoms with van der Waals surface area (Å²) in [4.78, 5) is 5.33. The first-order valence-electron chi connectivity index (χ1n) is 33.3. The second-order valence-corrected chi connectivity index (χ2v) is 28.6. The summed E-state index contributed by atoms with van der Waals surface area (Å²) >= 11 is 0. The molecule has 5 aliphatic carbocycles. The van der Waals surface area contributed by atoms with E-state index in [4.69, 9.17) is 29.7 Å². The van der Waals surface area contributed by atoms with E-state index in [9.17, 15) is 25.5 Å². The Kier molecular flexibility index (Phi) is 19.0. The molecule has 11 aliphatic rings. The van der Waals surface area contributed by atoms with Crippen LogP contribution in [0.25, 0.3) is 11.1 Å². The van der Waals surface area contributed by atoms with Crippen molar-refractivity contribution in [2.45, 2.75) is 211 Å². The minimum Gasteiger partial charge on any atom is -0.508 e. The van der Waals surface area contributed by atoms with Gasteiger partial charge in [0, 0.05) is 55.8 Å². The van der Waals surface area contributed by atoms with Gasteiger partial charge < -0.3 is 60.8 Å². The number of aliphatic hydroxyl groups excluding tert-OH is 3. The molecule has 9 N–H and O–H groups in total. The first-order valence-corrected chi connectivity index (χ1v) is 33.3. The van der Waals surface area contributed by atoms with Crippen molar-refractivity contribution >= 4 is 5.96 Å². The molecule has 3 aromatic carbocycles. The van der Waals surface area contributed by atoms with Gasteiger partial charge in [-0.2, -0.15) is 0 Å². The van der Waals surface area contributed by atoms with E-state index in [0.717, 1.165) is 136 Å².